The highest BCUT2D eigenvalue weighted by Crippen LogP contribution is 2.25. The molecule has 1 aliphatic heterocycles. The van der Waals surface area contributed by atoms with Crippen LogP contribution in [-0.2, 0) is 24.3 Å². The molecule has 0 bridgehead atoms. The van der Waals surface area contributed by atoms with Crippen LogP contribution in [0, 0.1) is 0 Å². The van der Waals surface area contributed by atoms with Gasteiger partial charge in [-0.1, -0.05) is 0 Å². The fraction of sp³-hybridized carbons (Fsp3) is 0.400. The van der Waals surface area contributed by atoms with Gasteiger partial charge in [0.05, 0.1) is 25.0 Å². The molecule has 17 heavy (non-hydrogen) atoms. The smallest absolute Gasteiger partial charge is 0.311 e. The van der Waals surface area contributed by atoms with Crippen molar-refractivity contribution in [3.05, 3.63) is 24.3 Å². The molecule has 1 spiro atoms. The second kappa shape index (κ2) is 4.08. The number of carbonyl (C=O) groups is 1. The van der Waals surface area contributed by atoms with Crippen molar-refractivity contribution >= 4 is 21.7 Å². The summed E-state index contributed by atoms with van der Waals surface area (Å²) in [6, 6.07) is 0. The lowest BCUT2D eigenvalue weighted by Gasteiger charge is -2.32. The molecule has 7 heteroatoms. The third-order valence-electron chi connectivity index (χ3n) is 2.15. The fourth-order valence-electron chi connectivity index (χ4n) is 1.48. The maximum Gasteiger partial charge on any atom is 0.311 e. The molecule has 0 unspecified atom stereocenters. The Balaban J connectivity index is 2.20. The van der Waals surface area contributed by atoms with Crippen LogP contribution in [0.2, 0.25) is 0 Å². The first-order chi connectivity index (χ1) is 7.89. The lowest BCUT2D eigenvalue weighted by Crippen LogP contribution is -2.40. The Morgan fingerprint density at radius 1 is 1.35 bits per heavy atom. The van der Waals surface area contributed by atoms with E-state index in [0.717, 1.165) is 6.26 Å². The molecule has 1 fully saturated rings. The van der Waals surface area contributed by atoms with Crippen LogP contribution in [0.25, 0.3) is 0 Å². The van der Waals surface area contributed by atoms with E-state index < -0.39 is 15.8 Å². The van der Waals surface area contributed by atoms with E-state index in [-0.39, 0.29) is 24.7 Å². The fourth-order valence-corrected chi connectivity index (χ4v) is 1.99. The summed E-state index contributed by atoms with van der Waals surface area (Å²) < 4.78 is 35.8. The third-order valence-corrected chi connectivity index (χ3v) is 2.69. The van der Waals surface area contributed by atoms with E-state index in [9.17, 15) is 13.2 Å². The van der Waals surface area contributed by atoms with Gasteiger partial charge in [0, 0.05) is 0 Å². The average Bonchev–Trinajstić information content (AvgIpc) is 2.20. The Morgan fingerprint density at radius 2 is 2.00 bits per heavy atom. The minimum absolute atomic E-state index is 0.216. The molecule has 2 rings (SSSR count). The number of hydrogen-bond donors (Lipinski definition) is 0. The zero-order valence-corrected chi connectivity index (χ0v) is 9.94. The molecule has 2 aliphatic rings. The molecule has 0 amide bonds. The number of hydrogen-bond acceptors (Lipinski definition) is 5. The van der Waals surface area contributed by atoms with Crippen molar-refractivity contribution in [2.45, 2.75) is 12.2 Å². The minimum Gasteiger partial charge on any atom is -0.425 e. The zero-order valence-electron chi connectivity index (χ0n) is 9.12. The van der Waals surface area contributed by atoms with Crippen molar-refractivity contribution in [1.82, 2.24) is 0 Å². The summed E-state index contributed by atoms with van der Waals surface area (Å²) in [6.45, 7) is 0.270. The summed E-state index contributed by atoms with van der Waals surface area (Å²) in [4.78, 5) is 11.2. The topological polar surface area (TPSA) is 82.0 Å². The van der Waals surface area contributed by atoms with Gasteiger partial charge in [-0.2, -0.15) is 4.40 Å². The lowest BCUT2D eigenvalue weighted by molar-refractivity contribution is -0.211. The van der Waals surface area contributed by atoms with E-state index in [2.05, 4.69) is 4.40 Å². The van der Waals surface area contributed by atoms with Crippen LogP contribution in [0.3, 0.4) is 0 Å². The Kier molecular flexibility index (Phi) is 2.88. The summed E-state index contributed by atoms with van der Waals surface area (Å²) in [6.07, 6.45) is 7.04. The van der Waals surface area contributed by atoms with Crippen molar-refractivity contribution in [2.24, 2.45) is 4.40 Å². The monoisotopic (exact) mass is 257 g/mol. The van der Waals surface area contributed by atoms with Crippen LogP contribution < -0.4 is 0 Å². The number of allylic oxidation sites excluding steroid dienone is 2. The number of ether oxygens (including phenoxy) is 2. The number of sulfonamides is 1. The van der Waals surface area contributed by atoms with E-state index in [1.807, 2.05) is 0 Å². The molecule has 0 N–H and O–H groups in total. The summed E-state index contributed by atoms with van der Waals surface area (Å²) in [7, 11) is -3.44. The molecular formula is C10H11NO5S. The summed E-state index contributed by atoms with van der Waals surface area (Å²) >= 11 is 0. The lowest BCUT2D eigenvalue weighted by atomic mass is 10.1. The van der Waals surface area contributed by atoms with Gasteiger partial charge in [-0.3, -0.25) is 4.79 Å². The predicted molar refractivity (Wildman–Crippen MR) is 60.0 cm³/mol. The van der Waals surface area contributed by atoms with Crippen molar-refractivity contribution in [2.75, 3.05) is 12.9 Å². The molecular weight excluding hydrogens is 246 g/mol. The van der Waals surface area contributed by atoms with Crippen LogP contribution in [0.1, 0.15) is 6.42 Å². The summed E-state index contributed by atoms with van der Waals surface area (Å²) in [5.41, 5.74) is 0.267. The number of rotatable bonds is 1. The van der Waals surface area contributed by atoms with Gasteiger partial charge in [0.1, 0.15) is 0 Å². The molecule has 1 saturated heterocycles. The molecule has 0 aromatic carbocycles. The van der Waals surface area contributed by atoms with Crippen molar-refractivity contribution in [1.29, 1.82) is 0 Å². The standard InChI is InChI=1S/C10H11NO5S/c1-17(13,14)11-8-2-5-10(6-3-8)15-7-4-9(12)16-10/h2-3,5-6H,4,7H2,1H3. The molecule has 0 radical (unpaired) electrons. The molecule has 0 aromatic rings. The van der Waals surface area contributed by atoms with Gasteiger partial charge in [0.15, 0.2) is 0 Å². The second-order valence-electron chi connectivity index (χ2n) is 3.71. The molecule has 0 aromatic heterocycles. The van der Waals surface area contributed by atoms with Crippen molar-refractivity contribution < 1.29 is 22.7 Å². The zero-order chi connectivity index (χ0) is 12.5. The van der Waals surface area contributed by atoms with Gasteiger partial charge in [-0.25, -0.2) is 8.42 Å². The van der Waals surface area contributed by atoms with Gasteiger partial charge >= 0.3 is 5.97 Å². The van der Waals surface area contributed by atoms with Crippen LogP contribution in [0.4, 0.5) is 0 Å². The van der Waals surface area contributed by atoms with Crippen LogP contribution in [0.5, 0.6) is 0 Å². The van der Waals surface area contributed by atoms with E-state index in [1.165, 1.54) is 24.3 Å². The summed E-state index contributed by atoms with van der Waals surface area (Å²) in [5.74, 6) is -1.56. The van der Waals surface area contributed by atoms with Gasteiger partial charge in [-0.05, 0) is 24.3 Å². The largest absolute Gasteiger partial charge is 0.425 e. The van der Waals surface area contributed by atoms with Crippen molar-refractivity contribution in [3.8, 4) is 0 Å². The van der Waals surface area contributed by atoms with Gasteiger partial charge < -0.3 is 9.47 Å². The SMILES string of the molecule is CS(=O)(=O)N=C1C=CC2(C=C1)OCCC(=O)O2. The Bertz CT molecular complexity index is 513. The van der Waals surface area contributed by atoms with Gasteiger partial charge in [0.2, 0.25) is 0 Å². The van der Waals surface area contributed by atoms with E-state index in [4.69, 9.17) is 9.47 Å². The van der Waals surface area contributed by atoms with Crippen LogP contribution in [0.15, 0.2) is 28.7 Å². The highest BCUT2D eigenvalue weighted by Gasteiger charge is 2.35. The third kappa shape index (κ3) is 3.01. The predicted octanol–water partition coefficient (Wildman–Crippen LogP) is 0.173. The number of esters is 1. The maximum atomic E-state index is 11.2. The van der Waals surface area contributed by atoms with Crippen LogP contribution >= 0.6 is 0 Å². The average molecular weight is 257 g/mol. The number of nitrogens with zero attached hydrogens (tertiary/aromatic N) is 1. The first-order valence-electron chi connectivity index (χ1n) is 4.93. The highest BCUT2D eigenvalue weighted by atomic mass is 32.2. The Morgan fingerprint density at radius 3 is 2.53 bits per heavy atom. The highest BCUT2D eigenvalue weighted by molar-refractivity contribution is 7.89. The minimum atomic E-state index is -3.44. The summed E-state index contributed by atoms with van der Waals surface area (Å²) in [5, 5.41) is 0. The van der Waals surface area contributed by atoms with Crippen LogP contribution in [-0.4, -0.2) is 38.7 Å². The Labute approximate surface area is 98.7 Å². The molecule has 92 valence electrons. The molecule has 0 atom stereocenters. The second-order valence-corrected chi connectivity index (χ2v) is 5.36. The van der Waals surface area contributed by atoms with E-state index in [1.54, 1.807) is 0 Å². The van der Waals surface area contributed by atoms with Gasteiger partial charge in [0.25, 0.3) is 15.8 Å². The molecule has 1 aliphatic carbocycles. The number of carbonyl (C=O) groups excluding carboxylic acids is 1. The first-order valence-corrected chi connectivity index (χ1v) is 6.78. The molecule has 0 saturated carbocycles. The van der Waals surface area contributed by atoms with E-state index in [0.29, 0.717) is 0 Å². The quantitative estimate of drug-likeness (QED) is 0.625. The van der Waals surface area contributed by atoms with Gasteiger partial charge in [-0.15, -0.1) is 0 Å². The first kappa shape index (κ1) is 12.0. The Hall–Kier alpha value is -1.47. The molecule has 1 heterocycles. The maximum absolute atomic E-state index is 11.2. The van der Waals surface area contributed by atoms with Crippen molar-refractivity contribution in [3.63, 3.8) is 0 Å². The molecule has 6 nitrogen and oxygen atoms in total. The van der Waals surface area contributed by atoms with E-state index >= 15 is 0 Å². The normalized spacial score (nSPS) is 28.3.